The van der Waals surface area contributed by atoms with Gasteiger partial charge in [0.2, 0.25) is 0 Å². The average Bonchev–Trinajstić information content (AvgIpc) is 3.57. The van der Waals surface area contributed by atoms with Crippen molar-refractivity contribution >= 4 is 33.5 Å². The molecule has 3 aromatic carbocycles. The molecule has 5 rings (SSSR count). The first-order chi connectivity index (χ1) is 18.0. The second kappa shape index (κ2) is 11.2. The van der Waals surface area contributed by atoms with Crippen molar-refractivity contribution in [2.45, 2.75) is 18.9 Å². The first-order valence-corrected chi connectivity index (χ1v) is 13.3. The highest BCUT2D eigenvalue weighted by atomic mass is 32.1. The monoisotopic (exact) mass is 514 g/mol. The highest BCUT2D eigenvalue weighted by Gasteiger charge is 2.37. The number of thiophene rings is 1. The minimum atomic E-state index is -0.428. The quantitative estimate of drug-likeness (QED) is 0.295. The van der Waals surface area contributed by atoms with Crippen molar-refractivity contribution in [3.05, 3.63) is 101 Å². The van der Waals surface area contributed by atoms with E-state index in [4.69, 9.17) is 9.47 Å². The SMILES string of the molecule is COC(=O)c1ccc(OC(=O)N2C[C@H](CNC(C)c3csc4ccccc34)[C@@H](c3ccccc3)C2)cc1. The number of carbonyl (C=O) groups is 2. The van der Waals surface area contributed by atoms with E-state index in [2.05, 4.69) is 54.0 Å². The van der Waals surface area contributed by atoms with Crippen LogP contribution in [0.5, 0.6) is 5.75 Å². The summed E-state index contributed by atoms with van der Waals surface area (Å²) < 4.78 is 11.7. The summed E-state index contributed by atoms with van der Waals surface area (Å²) in [6.45, 7) is 4.17. The minimum Gasteiger partial charge on any atom is -0.465 e. The molecule has 1 aliphatic heterocycles. The zero-order valence-corrected chi connectivity index (χ0v) is 21.7. The van der Waals surface area contributed by atoms with Gasteiger partial charge in [0.1, 0.15) is 5.75 Å². The van der Waals surface area contributed by atoms with Gasteiger partial charge in [-0.1, -0.05) is 48.5 Å². The van der Waals surface area contributed by atoms with E-state index < -0.39 is 5.97 Å². The van der Waals surface area contributed by atoms with Crippen molar-refractivity contribution in [2.24, 2.45) is 5.92 Å². The number of likely N-dealkylation sites (tertiary alicyclic amines) is 1. The van der Waals surface area contributed by atoms with Crippen molar-refractivity contribution in [2.75, 3.05) is 26.7 Å². The third-order valence-corrected chi connectivity index (χ3v) is 8.05. The predicted octanol–water partition coefficient (Wildman–Crippen LogP) is 6.25. The highest BCUT2D eigenvalue weighted by Crippen LogP contribution is 2.34. The molecule has 0 saturated carbocycles. The number of carbonyl (C=O) groups excluding carboxylic acids is 2. The molecule has 1 amide bonds. The van der Waals surface area contributed by atoms with E-state index in [1.165, 1.54) is 28.3 Å². The molecule has 0 spiro atoms. The Labute approximate surface area is 220 Å². The molecule has 7 heteroatoms. The Morgan fingerprint density at radius 1 is 1.00 bits per heavy atom. The molecule has 1 aliphatic rings. The largest absolute Gasteiger partial charge is 0.465 e. The van der Waals surface area contributed by atoms with E-state index in [0.717, 1.165) is 6.54 Å². The molecule has 1 unspecified atom stereocenters. The number of nitrogens with zero attached hydrogens (tertiary/aromatic N) is 1. The summed E-state index contributed by atoms with van der Waals surface area (Å²) in [6.07, 6.45) is -0.383. The summed E-state index contributed by atoms with van der Waals surface area (Å²) >= 11 is 1.77. The van der Waals surface area contributed by atoms with Gasteiger partial charge in [0.15, 0.2) is 0 Å². The molecule has 2 heterocycles. The number of fused-ring (bicyclic) bond motifs is 1. The second-order valence-electron chi connectivity index (χ2n) is 9.38. The van der Waals surface area contributed by atoms with Gasteiger partial charge in [0, 0.05) is 36.3 Å². The van der Waals surface area contributed by atoms with E-state index in [-0.39, 0.29) is 24.0 Å². The van der Waals surface area contributed by atoms with E-state index >= 15 is 0 Å². The number of esters is 1. The van der Waals surface area contributed by atoms with Crippen LogP contribution in [0.1, 0.15) is 40.4 Å². The molecule has 0 radical (unpaired) electrons. The fourth-order valence-electron chi connectivity index (χ4n) is 5.02. The number of amides is 1. The van der Waals surface area contributed by atoms with Crippen LogP contribution < -0.4 is 10.1 Å². The van der Waals surface area contributed by atoms with Gasteiger partial charge in [-0.2, -0.15) is 0 Å². The van der Waals surface area contributed by atoms with E-state index in [0.29, 0.717) is 24.4 Å². The van der Waals surface area contributed by atoms with E-state index in [1.807, 2.05) is 18.2 Å². The maximum atomic E-state index is 13.1. The van der Waals surface area contributed by atoms with Gasteiger partial charge in [0.25, 0.3) is 0 Å². The van der Waals surface area contributed by atoms with Crippen LogP contribution in [0.15, 0.2) is 84.2 Å². The topological polar surface area (TPSA) is 67.9 Å². The third kappa shape index (κ3) is 5.53. The zero-order valence-electron chi connectivity index (χ0n) is 20.9. The standard InChI is InChI=1S/C30H30N2O4S/c1-20(27-19-37-28-11-7-6-10-25(27)28)31-16-23-17-32(18-26(23)21-8-4-3-5-9-21)30(34)36-24-14-12-22(13-15-24)29(33)35-2/h3-15,19-20,23,26,31H,16-18H2,1-2H3/t20?,23-,26+/m0/s1. The van der Waals surface area contributed by atoms with Crippen molar-refractivity contribution < 1.29 is 19.1 Å². The Balaban J connectivity index is 1.27. The zero-order chi connectivity index (χ0) is 25.8. The molecule has 4 aromatic rings. The molecule has 0 aliphatic carbocycles. The van der Waals surface area contributed by atoms with E-state index in [1.54, 1.807) is 40.5 Å². The highest BCUT2D eigenvalue weighted by molar-refractivity contribution is 7.17. The van der Waals surface area contributed by atoms with Crippen LogP contribution in [0.4, 0.5) is 4.79 Å². The van der Waals surface area contributed by atoms with Crippen LogP contribution in [0.25, 0.3) is 10.1 Å². The summed E-state index contributed by atoms with van der Waals surface area (Å²) in [5, 5.41) is 7.26. The van der Waals surface area contributed by atoms with Gasteiger partial charge >= 0.3 is 12.1 Å². The lowest BCUT2D eigenvalue weighted by Crippen LogP contribution is -2.33. The Kier molecular flexibility index (Phi) is 7.53. The third-order valence-electron chi connectivity index (χ3n) is 7.07. The summed E-state index contributed by atoms with van der Waals surface area (Å²) in [6, 6.07) is 25.5. The lowest BCUT2D eigenvalue weighted by Gasteiger charge is -2.22. The second-order valence-corrected chi connectivity index (χ2v) is 10.3. The average molecular weight is 515 g/mol. The maximum Gasteiger partial charge on any atom is 0.415 e. The van der Waals surface area contributed by atoms with Gasteiger partial charge < -0.3 is 19.7 Å². The number of methoxy groups -OCH3 is 1. The van der Waals surface area contributed by atoms with Crippen LogP contribution in [0.3, 0.4) is 0 Å². The predicted molar refractivity (Wildman–Crippen MR) is 146 cm³/mol. The van der Waals surface area contributed by atoms with Crippen LogP contribution in [-0.4, -0.2) is 43.7 Å². The number of rotatable bonds is 7. The van der Waals surface area contributed by atoms with Crippen LogP contribution in [0, 0.1) is 5.92 Å². The molecular formula is C30H30N2O4S. The smallest absolute Gasteiger partial charge is 0.415 e. The molecular weight excluding hydrogens is 484 g/mol. The molecule has 1 fully saturated rings. The summed E-state index contributed by atoms with van der Waals surface area (Å²) in [7, 11) is 1.33. The molecule has 1 N–H and O–H groups in total. The van der Waals surface area contributed by atoms with Crippen molar-refractivity contribution in [3.63, 3.8) is 0 Å². The Bertz CT molecular complexity index is 1370. The van der Waals surface area contributed by atoms with E-state index in [9.17, 15) is 9.59 Å². The molecule has 37 heavy (non-hydrogen) atoms. The fourth-order valence-corrected chi connectivity index (χ4v) is 6.07. The maximum absolute atomic E-state index is 13.1. The lowest BCUT2D eigenvalue weighted by atomic mass is 9.88. The van der Waals surface area contributed by atoms with Crippen LogP contribution in [0.2, 0.25) is 0 Å². The van der Waals surface area contributed by atoms with Gasteiger partial charge in [-0.3, -0.25) is 0 Å². The van der Waals surface area contributed by atoms with Crippen LogP contribution >= 0.6 is 11.3 Å². The normalized spacial score (nSPS) is 18.1. The van der Waals surface area contributed by atoms with Gasteiger partial charge in [-0.05, 0) is 65.1 Å². The summed E-state index contributed by atoms with van der Waals surface area (Å²) in [5.74, 6) is 0.412. The first kappa shape index (κ1) is 25.0. The fraction of sp³-hybridized carbons (Fsp3) is 0.267. The molecule has 6 nitrogen and oxygen atoms in total. The molecule has 3 atom stereocenters. The number of nitrogens with one attached hydrogen (secondary N) is 1. The number of ether oxygens (including phenoxy) is 2. The van der Waals surface area contributed by atoms with Gasteiger partial charge in [-0.15, -0.1) is 11.3 Å². The van der Waals surface area contributed by atoms with Crippen molar-refractivity contribution in [1.82, 2.24) is 10.2 Å². The summed E-state index contributed by atoms with van der Waals surface area (Å²) in [5.41, 5.74) is 2.94. The molecule has 1 aromatic heterocycles. The Morgan fingerprint density at radius 3 is 2.49 bits per heavy atom. The lowest BCUT2D eigenvalue weighted by molar-refractivity contribution is 0.0600. The van der Waals surface area contributed by atoms with Gasteiger partial charge in [0.05, 0.1) is 12.7 Å². The van der Waals surface area contributed by atoms with Crippen LogP contribution in [-0.2, 0) is 4.74 Å². The Morgan fingerprint density at radius 2 is 1.73 bits per heavy atom. The van der Waals surface area contributed by atoms with Crippen molar-refractivity contribution in [1.29, 1.82) is 0 Å². The first-order valence-electron chi connectivity index (χ1n) is 12.4. The summed E-state index contributed by atoms with van der Waals surface area (Å²) in [4.78, 5) is 26.5. The van der Waals surface area contributed by atoms with Gasteiger partial charge in [-0.25, -0.2) is 9.59 Å². The minimum absolute atomic E-state index is 0.196. The molecule has 0 bridgehead atoms. The Hall–Kier alpha value is -3.68. The van der Waals surface area contributed by atoms with Crippen molar-refractivity contribution in [3.8, 4) is 5.75 Å². The number of hydrogen-bond donors (Lipinski definition) is 1. The molecule has 190 valence electrons. The number of benzene rings is 3. The molecule has 1 saturated heterocycles. The number of hydrogen-bond acceptors (Lipinski definition) is 6.